The van der Waals surface area contributed by atoms with E-state index in [4.69, 9.17) is 0 Å². The van der Waals surface area contributed by atoms with Crippen LogP contribution in [-0.2, 0) is 0 Å². The zero-order valence-corrected chi connectivity index (χ0v) is 10.1. The number of benzene rings is 1. The quantitative estimate of drug-likeness (QED) is 0.851. The summed E-state index contributed by atoms with van der Waals surface area (Å²) in [5, 5.41) is 4.65. The van der Waals surface area contributed by atoms with Gasteiger partial charge in [0.25, 0.3) is 0 Å². The Morgan fingerprint density at radius 3 is 3.00 bits per heavy atom. The molecule has 1 N–H and O–H groups in total. The highest BCUT2D eigenvalue weighted by atomic mass is 15.2. The lowest BCUT2D eigenvalue weighted by Crippen LogP contribution is -2.33. The first-order valence-electron chi connectivity index (χ1n) is 6.13. The van der Waals surface area contributed by atoms with Crippen LogP contribution in [0.1, 0.15) is 6.42 Å². The molecule has 1 saturated heterocycles. The van der Waals surface area contributed by atoms with Crippen LogP contribution in [0, 0.1) is 0 Å². The predicted octanol–water partition coefficient (Wildman–Crippen LogP) is 2.03. The molecule has 0 aliphatic carbocycles. The molecule has 88 valence electrons. The highest BCUT2D eigenvalue weighted by Gasteiger charge is 2.20. The number of para-hydroxylation sites is 1. The van der Waals surface area contributed by atoms with Crippen LogP contribution in [0.2, 0.25) is 0 Å². The van der Waals surface area contributed by atoms with E-state index in [9.17, 15) is 0 Å². The van der Waals surface area contributed by atoms with Gasteiger partial charge in [0.05, 0.1) is 5.52 Å². The van der Waals surface area contributed by atoms with Crippen molar-refractivity contribution in [1.82, 2.24) is 10.3 Å². The van der Waals surface area contributed by atoms with Gasteiger partial charge in [-0.05, 0) is 25.1 Å². The number of pyridine rings is 1. The van der Waals surface area contributed by atoms with Crippen molar-refractivity contribution >= 4 is 16.6 Å². The Morgan fingerprint density at radius 2 is 2.18 bits per heavy atom. The van der Waals surface area contributed by atoms with Crippen LogP contribution in [0.5, 0.6) is 0 Å². The van der Waals surface area contributed by atoms with Crippen LogP contribution >= 0.6 is 0 Å². The zero-order valence-electron chi connectivity index (χ0n) is 10.1. The molecule has 1 fully saturated rings. The van der Waals surface area contributed by atoms with Gasteiger partial charge in [-0.3, -0.25) is 4.98 Å². The molecule has 3 heteroatoms. The van der Waals surface area contributed by atoms with E-state index >= 15 is 0 Å². The minimum atomic E-state index is 0.598. The summed E-state index contributed by atoms with van der Waals surface area (Å²) in [5.74, 6) is 0. The normalized spacial score (nSPS) is 19.7. The molecule has 0 radical (unpaired) electrons. The van der Waals surface area contributed by atoms with Gasteiger partial charge in [0.1, 0.15) is 0 Å². The number of hydrogen-bond acceptors (Lipinski definition) is 3. The fourth-order valence-corrected chi connectivity index (χ4v) is 2.56. The summed E-state index contributed by atoms with van der Waals surface area (Å²) in [7, 11) is 2.18. The third kappa shape index (κ3) is 1.87. The molecule has 0 bridgehead atoms. The van der Waals surface area contributed by atoms with Gasteiger partial charge in [-0.1, -0.05) is 18.2 Å². The predicted molar refractivity (Wildman–Crippen MR) is 71.4 cm³/mol. The molecule has 1 aliphatic rings. The van der Waals surface area contributed by atoms with Crippen molar-refractivity contribution in [1.29, 1.82) is 0 Å². The lowest BCUT2D eigenvalue weighted by atomic mass is 10.1. The number of fused-ring (bicyclic) bond motifs is 1. The van der Waals surface area contributed by atoms with Crippen molar-refractivity contribution in [2.75, 3.05) is 25.0 Å². The van der Waals surface area contributed by atoms with Crippen molar-refractivity contribution in [3.8, 4) is 0 Å². The maximum absolute atomic E-state index is 4.41. The Hall–Kier alpha value is -1.61. The maximum atomic E-state index is 4.41. The number of nitrogens with one attached hydrogen (secondary N) is 1. The first kappa shape index (κ1) is 10.5. The Labute approximate surface area is 101 Å². The smallest absolute Gasteiger partial charge is 0.0722 e. The maximum Gasteiger partial charge on any atom is 0.0722 e. The van der Waals surface area contributed by atoms with Gasteiger partial charge in [-0.25, -0.2) is 0 Å². The fraction of sp³-hybridized carbons (Fsp3) is 0.357. The van der Waals surface area contributed by atoms with Gasteiger partial charge in [0.15, 0.2) is 0 Å². The van der Waals surface area contributed by atoms with E-state index in [1.807, 2.05) is 12.3 Å². The molecule has 2 aromatic rings. The number of nitrogens with zero attached hydrogens (tertiary/aromatic N) is 2. The molecule has 0 saturated carbocycles. The molecule has 1 unspecified atom stereocenters. The third-order valence-corrected chi connectivity index (χ3v) is 3.59. The molecule has 1 aliphatic heterocycles. The average molecular weight is 227 g/mol. The van der Waals surface area contributed by atoms with Gasteiger partial charge in [-0.15, -0.1) is 0 Å². The van der Waals surface area contributed by atoms with E-state index in [1.165, 1.54) is 17.5 Å². The summed E-state index contributed by atoms with van der Waals surface area (Å²) < 4.78 is 0. The fourth-order valence-electron chi connectivity index (χ4n) is 2.56. The van der Waals surface area contributed by atoms with Crippen LogP contribution in [-0.4, -0.2) is 31.2 Å². The summed E-state index contributed by atoms with van der Waals surface area (Å²) in [5.41, 5.74) is 2.35. The van der Waals surface area contributed by atoms with Crippen LogP contribution in [0.3, 0.4) is 0 Å². The Bertz CT molecular complexity index is 512. The summed E-state index contributed by atoms with van der Waals surface area (Å²) >= 11 is 0. The van der Waals surface area contributed by atoms with E-state index < -0.39 is 0 Å². The number of likely N-dealkylation sites (N-methyl/N-ethyl adjacent to an activating group) is 1. The first-order chi connectivity index (χ1) is 8.36. The second-order valence-corrected chi connectivity index (χ2v) is 4.60. The number of anilines is 1. The lowest BCUT2D eigenvalue weighted by Gasteiger charge is -2.27. The van der Waals surface area contributed by atoms with Crippen molar-refractivity contribution in [3.63, 3.8) is 0 Å². The molecule has 2 heterocycles. The monoisotopic (exact) mass is 227 g/mol. The van der Waals surface area contributed by atoms with E-state index in [0.717, 1.165) is 18.6 Å². The minimum absolute atomic E-state index is 0.598. The zero-order chi connectivity index (χ0) is 11.7. The Kier molecular flexibility index (Phi) is 2.69. The van der Waals surface area contributed by atoms with Gasteiger partial charge < -0.3 is 10.2 Å². The third-order valence-electron chi connectivity index (χ3n) is 3.59. The second-order valence-electron chi connectivity index (χ2n) is 4.60. The topological polar surface area (TPSA) is 28.2 Å². The van der Waals surface area contributed by atoms with E-state index in [-0.39, 0.29) is 0 Å². The number of rotatable bonds is 2. The van der Waals surface area contributed by atoms with Gasteiger partial charge in [0.2, 0.25) is 0 Å². The van der Waals surface area contributed by atoms with E-state index in [0.29, 0.717) is 6.04 Å². The van der Waals surface area contributed by atoms with Crippen molar-refractivity contribution in [3.05, 3.63) is 36.5 Å². The van der Waals surface area contributed by atoms with Gasteiger partial charge >= 0.3 is 0 Å². The van der Waals surface area contributed by atoms with Crippen LogP contribution in [0.15, 0.2) is 36.5 Å². The van der Waals surface area contributed by atoms with Crippen LogP contribution in [0.4, 0.5) is 5.69 Å². The standard InChI is InChI=1S/C14H17N3/c1-17(11-6-8-15-10-11)14-7-9-16-13-5-3-2-4-12(13)14/h2-5,7,9,11,15H,6,8,10H2,1H3. The van der Waals surface area contributed by atoms with E-state index in [1.54, 1.807) is 0 Å². The average Bonchev–Trinajstić information content (AvgIpc) is 2.91. The van der Waals surface area contributed by atoms with Crippen molar-refractivity contribution in [2.45, 2.75) is 12.5 Å². The molecule has 0 spiro atoms. The molecule has 1 aromatic carbocycles. The van der Waals surface area contributed by atoms with Crippen LogP contribution < -0.4 is 10.2 Å². The molecule has 17 heavy (non-hydrogen) atoms. The highest BCUT2D eigenvalue weighted by Crippen LogP contribution is 2.26. The van der Waals surface area contributed by atoms with Crippen LogP contribution in [0.25, 0.3) is 10.9 Å². The largest absolute Gasteiger partial charge is 0.370 e. The minimum Gasteiger partial charge on any atom is -0.370 e. The summed E-state index contributed by atoms with van der Waals surface area (Å²) in [4.78, 5) is 6.79. The number of hydrogen-bond donors (Lipinski definition) is 1. The second kappa shape index (κ2) is 4.34. The highest BCUT2D eigenvalue weighted by molar-refractivity contribution is 5.91. The molecular weight excluding hydrogens is 210 g/mol. The first-order valence-corrected chi connectivity index (χ1v) is 6.13. The SMILES string of the molecule is CN(c1ccnc2ccccc12)C1CCNC1. The summed E-state index contributed by atoms with van der Waals surface area (Å²) in [6.45, 7) is 2.20. The van der Waals surface area contributed by atoms with Gasteiger partial charge in [0, 0.05) is 36.9 Å². The molecule has 3 nitrogen and oxygen atoms in total. The van der Waals surface area contributed by atoms with Crippen molar-refractivity contribution < 1.29 is 0 Å². The summed E-state index contributed by atoms with van der Waals surface area (Å²) in [6.07, 6.45) is 3.11. The molecule has 1 aromatic heterocycles. The Morgan fingerprint density at radius 1 is 1.29 bits per heavy atom. The lowest BCUT2D eigenvalue weighted by molar-refractivity contribution is 0.687. The molecule has 0 amide bonds. The number of aromatic nitrogens is 1. The van der Waals surface area contributed by atoms with E-state index in [2.05, 4.69) is 46.5 Å². The van der Waals surface area contributed by atoms with Crippen molar-refractivity contribution in [2.24, 2.45) is 0 Å². The van der Waals surface area contributed by atoms with Gasteiger partial charge in [-0.2, -0.15) is 0 Å². The molecule has 3 rings (SSSR count). The molecule has 1 atom stereocenters. The molecular formula is C14H17N3. The Balaban J connectivity index is 2.04. The summed E-state index contributed by atoms with van der Waals surface area (Å²) in [6, 6.07) is 11.0.